The molecule has 3 aromatic heterocycles. The van der Waals surface area contributed by atoms with Gasteiger partial charge < -0.3 is 14.8 Å². The number of nitrogens with zero attached hydrogens (tertiary/aromatic N) is 7. The van der Waals surface area contributed by atoms with Gasteiger partial charge >= 0.3 is 0 Å². The molecule has 4 rings (SSSR count). The summed E-state index contributed by atoms with van der Waals surface area (Å²) in [5.74, 6) is 1.52. The lowest BCUT2D eigenvalue weighted by atomic mass is 10.2. The molecule has 1 N–H and O–H groups in total. The average molecular weight is 397 g/mol. The molecule has 4 aromatic rings. The first-order chi connectivity index (χ1) is 13.6. The van der Waals surface area contributed by atoms with E-state index in [9.17, 15) is 0 Å². The van der Waals surface area contributed by atoms with Crippen LogP contribution in [0, 0.1) is 0 Å². The van der Waals surface area contributed by atoms with Gasteiger partial charge in [0.05, 0.1) is 12.0 Å². The van der Waals surface area contributed by atoms with Gasteiger partial charge in [0, 0.05) is 39.4 Å². The lowest BCUT2D eigenvalue weighted by Crippen LogP contribution is -2.11. The summed E-state index contributed by atoms with van der Waals surface area (Å²) in [6.45, 7) is 3.35. The minimum atomic E-state index is 0.196. The number of para-hydroxylation sites is 1. The molecule has 0 fully saturated rings. The van der Waals surface area contributed by atoms with Crippen LogP contribution in [0.4, 0.5) is 11.6 Å². The van der Waals surface area contributed by atoms with Crippen LogP contribution in [0.5, 0.6) is 0 Å². The molecule has 0 aliphatic heterocycles. The van der Waals surface area contributed by atoms with Crippen molar-refractivity contribution >= 4 is 34.4 Å². The number of aryl methyl sites for hydroxylation is 1. The lowest BCUT2D eigenvalue weighted by molar-refractivity contribution is 0.777. The molecule has 9 heteroatoms. The fourth-order valence-electron chi connectivity index (χ4n) is 3.02. The number of anilines is 2. The van der Waals surface area contributed by atoms with Gasteiger partial charge in [-0.3, -0.25) is 0 Å². The molecule has 0 bridgehead atoms. The third-order valence-electron chi connectivity index (χ3n) is 4.50. The molecular formula is C19H21ClN8. The molecule has 0 atom stereocenters. The lowest BCUT2D eigenvalue weighted by Gasteiger charge is -2.12. The van der Waals surface area contributed by atoms with Crippen LogP contribution >= 0.6 is 11.6 Å². The van der Waals surface area contributed by atoms with Gasteiger partial charge in [0.2, 0.25) is 5.28 Å². The maximum Gasteiger partial charge on any atom is 0.226 e. The first kappa shape index (κ1) is 18.2. The smallest absolute Gasteiger partial charge is 0.226 e. The number of imidazole rings is 1. The van der Waals surface area contributed by atoms with E-state index in [1.54, 1.807) is 6.33 Å². The normalized spacial score (nSPS) is 11.1. The Hall–Kier alpha value is -3.13. The molecule has 0 saturated heterocycles. The van der Waals surface area contributed by atoms with Crippen molar-refractivity contribution in [1.29, 1.82) is 0 Å². The molecule has 0 saturated carbocycles. The summed E-state index contributed by atoms with van der Waals surface area (Å²) in [7, 11) is 3.94. The maximum atomic E-state index is 6.13. The number of benzene rings is 1. The average Bonchev–Trinajstić information content (AvgIpc) is 3.33. The van der Waals surface area contributed by atoms with Crippen molar-refractivity contribution in [1.82, 2.24) is 29.3 Å². The van der Waals surface area contributed by atoms with E-state index in [1.165, 1.54) is 0 Å². The summed E-state index contributed by atoms with van der Waals surface area (Å²) in [6.07, 6.45) is 3.71. The number of halogens is 1. The van der Waals surface area contributed by atoms with E-state index in [4.69, 9.17) is 11.6 Å². The summed E-state index contributed by atoms with van der Waals surface area (Å²) in [5, 5.41) is 8.18. The number of hydrogen-bond acceptors (Lipinski definition) is 6. The first-order valence-corrected chi connectivity index (χ1v) is 9.38. The van der Waals surface area contributed by atoms with Crippen LogP contribution in [0.1, 0.15) is 12.5 Å². The van der Waals surface area contributed by atoms with Crippen molar-refractivity contribution in [3.8, 4) is 5.69 Å². The minimum Gasteiger partial charge on any atom is -0.364 e. The summed E-state index contributed by atoms with van der Waals surface area (Å²) in [5.41, 5.74) is 3.51. The highest BCUT2D eigenvalue weighted by atomic mass is 35.5. The molecule has 0 spiro atoms. The molecule has 28 heavy (non-hydrogen) atoms. The molecule has 8 nitrogen and oxygen atoms in total. The Labute approximate surface area is 167 Å². The van der Waals surface area contributed by atoms with Crippen molar-refractivity contribution < 1.29 is 0 Å². The van der Waals surface area contributed by atoms with Crippen LogP contribution < -0.4 is 10.2 Å². The van der Waals surface area contributed by atoms with Crippen molar-refractivity contribution in [2.24, 2.45) is 0 Å². The Kier molecular flexibility index (Phi) is 4.87. The topological polar surface area (TPSA) is 76.7 Å². The quantitative estimate of drug-likeness (QED) is 0.503. The fraction of sp³-hybridized carbons (Fsp3) is 0.263. The van der Waals surface area contributed by atoms with E-state index >= 15 is 0 Å². The van der Waals surface area contributed by atoms with Gasteiger partial charge in [0.25, 0.3) is 0 Å². The highest BCUT2D eigenvalue weighted by Gasteiger charge is 2.13. The molecule has 0 aliphatic carbocycles. The summed E-state index contributed by atoms with van der Waals surface area (Å²) >= 11 is 6.13. The molecular weight excluding hydrogens is 376 g/mol. The first-order valence-electron chi connectivity index (χ1n) is 9.00. The number of fused-ring (bicyclic) bond motifs is 1. The largest absolute Gasteiger partial charge is 0.364 e. The second kappa shape index (κ2) is 7.47. The molecule has 1 aromatic carbocycles. The summed E-state index contributed by atoms with van der Waals surface area (Å²) in [4.78, 5) is 15.0. The van der Waals surface area contributed by atoms with Gasteiger partial charge in [0.15, 0.2) is 17.0 Å². The van der Waals surface area contributed by atoms with Crippen molar-refractivity contribution in [2.75, 3.05) is 24.3 Å². The van der Waals surface area contributed by atoms with Gasteiger partial charge in [-0.25, -0.2) is 9.67 Å². The van der Waals surface area contributed by atoms with Crippen LogP contribution in [-0.4, -0.2) is 43.4 Å². The van der Waals surface area contributed by atoms with E-state index in [-0.39, 0.29) is 5.28 Å². The van der Waals surface area contributed by atoms with Crippen molar-refractivity contribution in [2.45, 2.75) is 20.0 Å². The van der Waals surface area contributed by atoms with Crippen molar-refractivity contribution in [3.05, 3.63) is 53.7 Å². The number of hydrogen-bond donors (Lipinski definition) is 1. The van der Waals surface area contributed by atoms with Crippen LogP contribution in [0.15, 0.2) is 42.9 Å². The molecule has 144 valence electrons. The Morgan fingerprint density at radius 2 is 1.96 bits per heavy atom. The Balaban J connectivity index is 1.64. The van der Waals surface area contributed by atoms with Gasteiger partial charge in [-0.1, -0.05) is 18.2 Å². The summed E-state index contributed by atoms with van der Waals surface area (Å²) in [6, 6.07) is 10.1. The van der Waals surface area contributed by atoms with Crippen molar-refractivity contribution in [3.63, 3.8) is 0 Å². The van der Waals surface area contributed by atoms with E-state index in [0.29, 0.717) is 17.9 Å². The van der Waals surface area contributed by atoms with Crippen LogP contribution in [0.3, 0.4) is 0 Å². The second-order valence-corrected chi connectivity index (χ2v) is 6.88. The standard InChI is InChI=1S/C19H21ClN8/c1-4-27-12-22-16-17(23-19(20)24-18(16)27)21-11-13-7-5-6-8-14(13)28-10-9-15(25-28)26(2)3/h5-10,12H,4,11H2,1-3H3,(H,21,23,24). The molecule has 0 radical (unpaired) electrons. The predicted octanol–water partition coefficient (Wildman–Crippen LogP) is 3.36. The van der Waals surface area contributed by atoms with Gasteiger partial charge in [-0.15, -0.1) is 0 Å². The molecule has 0 amide bonds. The van der Waals surface area contributed by atoms with Gasteiger partial charge in [0.1, 0.15) is 5.82 Å². The van der Waals surface area contributed by atoms with Crippen LogP contribution in [0.2, 0.25) is 5.28 Å². The molecule has 0 aliphatic rings. The van der Waals surface area contributed by atoms with E-state index in [1.807, 2.05) is 65.6 Å². The zero-order chi connectivity index (χ0) is 19.7. The van der Waals surface area contributed by atoms with E-state index in [2.05, 4.69) is 31.4 Å². The second-order valence-electron chi connectivity index (χ2n) is 6.54. The van der Waals surface area contributed by atoms with E-state index < -0.39 is 0 Å². The van der Waals surface area contributed by atoms with Gasteiger partial charge in [-0.05, 0) is 30.2 Å². The van der Waals surface area contributed by atoms with Crippen LogP contribution in [-0.2, 0) is 13.1 Å². The highest BCUT2D eigenvalue weighted by molar-refractivity contribution is 6.28. The van der Waals surface area contributed by atoms with E-state index in [0.717, 1.165) is 29.3 Å². The Morgan fingerprint density at radius 1 is 1.14 bits per heavy atom. The molecule has 0 unspecified atom stereocenters. The SMILES string of the molecule is CCn1cnc2c(NCc3ccccc3-n3ccc(N(C)C)n3)nc(Cl)nc21. The number of rotatable bonds is 6. The third-order valence-corrected chi connectivity index (χ3v) is 4.66. The zero-order valence-corrected chi connectivity index (χ0v) is 16.7. The summed E-state index contributed by atoms with van der Waals surface area (Å²) < 4.78 is 3.81. The maximum absolute atomic E-state index is 6.13. The Bertz CT molecular complexity index is 1110. The molecule has 3 heterocycles. The highest BCUT2D eigenvalue weighted by Crippen LogP contribution is 2.23. The Morgan fingerprint density at radius 3 is 2.71 bits per heavy atom. The number of aromatic nitrogens is 6. The predicted molar refractivity (Wildman–Crippen MR) is 111 cm³/mol. The van der Waals surface area contributed by atoms with Gasteiger partial charge in [-0.2, -0.15) is 15.1 Å². The van der Waals surface area contributed by atoms with Crippen LogP contribution in [0.25, 0.3) is 16.9 Å². The fourth-order valence-corrected chi connectivity index (χ4v) is 3.19. The monoisotopic (exact) mass is 396 g/mol. The number of nitrogens with one attached hydrogen (secondary N) is 1. The zero-order valence-electron chi connectivity index (χ0n) is 16.0. The third kappa shape index (κ3) is 3.38. The minimum absolute atomic E-state index is 0.196.